The minimum atomic E-state index is 0.603. The van der Waals surface area contributed by atoms with Crippen molar-refractivity contribution in [3.8, 4) is 11.1 Å². The third-order valence-electron chi connectivity index (χ3n) is 3.03. The van der Waals surface area contributed by atoms with Crippen molar-refractivity contribution in [3.63, 3.8) is 0 Å². The lowest BCUT2D eigenvalue weighted by molar-refractivity contribution is 1.05. The average molecular weight is 211 g/mol. The second kappa shape index (κ2) is 4.50. The van der Waals surface area contributed by atoms with E-state index in [1.54, 1.807) is 0 Å². The molecule has 0 spiro atoms. The molecular formula is C15H17N. The van der Waals surface area contributed by atoms with Crippen LogP contribution in [-0.4, -0.2) is 0 Å². The lowest BCUT2D eigenvalue weighted by Crippen LogP contribution is -1.99. The van der Waals surface area contributed by atoms with Gasteiger partial charge in [-0.15, -0.1) is 0 Å². The second-order valence-electron chi connectivity index (χ2n) is 4.16. The van der Waals surface area contributed by atoms with Crippen LogP contribution >= 0.6 is 0 Å². The minimum absolute atomic E-state index is 0.603. The summed E-state index contributed by atoms with van der Waals surface area (Å²) < 4.78 is 0. The maximum Gasteiger partial charge on any atom is 0.0180 e. The third kappa shape index (κ3) is 2.00. The van der Waals surface area contributed by atoms with Gasteiger partial charge in [0.1, 0.15) is 0 Å². The predicted molar refractivity (Wildman–Crippen MR) is 69.2 cm³/mol. The molecule has 0 radical (unpaired) electrons. The SMILES string of the molecule is Cc1ccc(-c2ccccc2C)cc1CN. The molecule has 0 saturated carbocycles. The van der Waals surface area contributed by atoms with Crippen molar-refractivity contribution in [1.82, 2.24) is 0 Å². The van der Waals surface area contributed by atoms with Crippen molar-refractivity contribution in [3.05, 3.63) is 59.2 Å². The van der Waals surface area contributed by atoms with E-state index < -0.39 is 0 Å². The third-order valence-corrected chi connectivity index (χ3v) is 3.03. The summed E-state index contributed by atoms with van der Waals surface area (Å²) in [5.41, 5.74) is 12.1. The molecule has 0 aliphatic carbocycles. The van der Waals surface area contributed by atoms with Gasteiger partial charge in [0.15, 0.2) is 0 Å². The van der Waals surface area contributed by atoms with Gasteiger partial charge in [-0.05, 0) is 47.7 Å². The van der Waals surface area contributed by atoms with Crippen LogP contribution in [0, 0.1) is 13.8 Å². The molecule has 0 bridgehead atoms. The van der Waals surface area contributed by atoms with Crippen molar-refractivity contribution in [1.29, 1.82) is 0 Å². The number of aryl methyl sites for hydroxylation is 2. The molecule has 0 amide bonds. The molecule has 82 valence electrons. The summed E-state index contributed by atoms with van der Waals surface area (Å²) in [6, 6.07) is 14.9. The fourth-order valence-electron chi connectivity index (χ4n) is 1.96. The molecule has 0 aliphatic rings. The van der Waals surface area contributed by atoms with Crippen LogP contribution in [0.3, 0.4) is 0 Å². The molecule has 2 aromatic rings. The highest BCUT2D eigenvalue weighted by Gasteiger charge is 2.03. The number of nitrogens with two attached hydrogens (primary N) is 1. The van der Waals surface area contributed by atoms with E-state index in [0.29, 0.717) is 6.54 Å². The largest absolute Gasteiger partial charge is 0.326 e. The standard InChI is InChI=1S/C15H17N/c1-11-7-8-13(9-14(11)10-16)15-6-4-3-5-12(15)2/h3-9H,10,16H2,1-2H3. The smallest absolute Gasteiger partial charge is 0.0180 e. The van der Waals surface area contributed by atoms with E-state index in [1.807, 2.05) is 0 Å². The molecule has 1 heteroatoms. The van der Waals surface area contributed by atoms with Gasteiger partial charge in [0, 0.05) is 6.54 Å². The molecule has 2 aromatic carbocycles. The zero-order chi connectivity index (χ0) is 11.5. The summed E-state index contributed by atoms with van der Waals surface area (Å²) in [6.07, 6.45) is 0. The van der Waals surface area contributed by atoms with Gasteiger partial charge < -0.3 is 5.73 Å². The van der Waals surface area contributed by atoms with Crippen LogP contribution in [0.1, 0.15) is 16.7 Å². The van der Waals surface area contributed by atoms with Gasteiger partial charge in [-0.3, -0.25) is 0 Å². The van der Waals surface area contributed by atoms with Crippen molar-refractivity contribution in [2.45, 2.75) is 20.4 Å². The first kappa shape index (κ1) is 10.9. The number of hydrogen-bond acceptors (Lipinski definition) is 1. The van der Waals surface area contributed by atoms with Crippen LogP contribution in [0.15, 0.2) is 42.5 Å². The maximum atomic E-state index is 5.74. The van der Waals surface area contributed by atoms with Crippen LogP contribution in [0.5, 0.6) is 0 Å². The average Bonchev–Trinajstić information content (AvgIpc) is 2.31. The van der Waals surface area contributed by atoms with Crippen molar-refractivity contribution < 1.29 is 0 Å². The summed E-state index contributed by atoms with van der Waals surface area (Å²) in [5.74, 6) is 0. The van der Waals surface area contributed by atoms with Crippen LogP contribution in [-0.2, 0) is 6.54 Å². The minimum Gasteiger partial charge on any atom is -0.326 e. The Morgan fingerprint density at radius 3 is 2.38 bits per heavy atom. The summed E-state index contributed by atoms with van der Waals surface area (Å²) >= 11 is 0. The Bertz CT molecular complexity index is 501. The molecule has 1 nitrogen and oxygen atoms in total. The van der Waals surface area contributed by atoms with E-state index in [9.17, 15) is 0 Å². The summed E-state index contributed by atoms with van der Waals surface area (Å²) in [7, 11) is 0. The van der Waals surface area contributed by atoms with Gasteiger partial charge in [-0.1, -0.05) is 36.4 Å². The highest BCUT2D eigenvalue weighted by atomic mass is 14.5. The van der Waals surface area contributed by atoms with Gasteiger partial charge in [0.2, 0.25) is 0 Å². The van der Waals surface area contributed by atoms with E-state index in [1.165, 1.54) is 27.8 Å². The molecule has 0 atom stereocenters. The van der Waals surface area contributed by atoms with Gasteiger partial charge >= 0.3 is 0 Å². The predicted octanol–water partition coefficient (Wildman–Crippen LogP) is 3.43. The first-order valence-corrected chi connectivity index (χ1v) is 5.58. The van der Waals surface area contributed by atoms with Gasteiger partial charge in [-0.25, -0.2) is 0 Å². The number of benzene rings is 2. The van der Waals surface area contributed by atoms with Crippen molar-refractivity contribution in [2.75, 3.05) is 0 Å². The van der Waals surface area contributed by atoms with Crippen molar-refractivity contribution >= 4 is 0 Å². The molecule has 16 heavy (non-hydrogen) atoms. The van der Waals surface area contributed by atoms with E-state index in [0.717, 1.165) is 0 Å². The quantitative estimate of drug-likeness (QED) is 0.809. The van der Waals surface area contributed by atoms with Crippen LogP contribution in [0.4, 0.5) is 0 Å². The van der Waals surface area contributed by atoms with Gasteiger partial charge in [0.05, 0.1) is 0 Å². The topological polar surface area (TPSA) is 26.0 Å². The van der Waals surface area contributed by atoms with Gasteiger partial charge in [-0.2, -0.15) is 0 Å². The monoisotopic (exact) mass is 211 g/mol. The highest BCUT2D eigenvalue weighted by Crippen LogP contribution is 2.25. The fraction of sp³-hybridized carbons (Fsp3) is 0.200. The van der Waals surface area contributed by atoms with E-state index in [2.05, 4.69) is 56.3 Å². The van der Waals surface area contributed by atoms with Gasteiger partial charge in [0.25, 0.3) is 0 Å². The Kier molecular flexibility index (Phi) is 3.07. The Balaban J connectivity index is 2.53. The van der Waals surface area contributed by atoms with Crippen LogP contribution < -0.4 is 5.73 Å². The lowest BCUT2D eigenvalue weighted by atomic mass is 9.97. The molecule has 0 unspecified atom stereocenters. The molecule has 0 aromatic heterocycles. The summed E-state index contributed by atoms with van der Waals surface area (Å²) in [6.45, 7) is 4.84. The maximum absolute atomic E-state index is 5.74. The van der Waals surface area contributed by atoms with E-state index >= 15 is 0 Å². The molecular weight excluding hydrogens is 194 g/mol. The van der Waals surface area contributed by atoms with Crippen LogP contribution in [0.25, 0.3) is 11.1 Å². The zero-order valence-electron chi connectivity index (χ0n) is 9.83. The fourth-order valence-corrected chi connectivity index (χ4v) is 1.96. The Morgan fingerprint density at radius 2 is 1.69 bits per heavy atom. The molecule has 0 aliphatic heterocycles. The molecule has 2 N–H and O–H groups in total. The first-order chi connectivity index (χ1) is 7.72. The molecule has 0 fully saturated rings. The first-order valence-electron chi connectivity index (χ1n) is 5.58. The second-order valence-corrected chi connectivity index (χ2v) is 4.16. The summed E-state index contributed by atoms with van der Waals surface area (Å²) in [4.78, 5) is 0. The lowest BCUT2D eigenvalue weighted by Gasteiger charge is -2.09. The van der Waals surface area contributed by atoms with Crippen molar-refractivity contribution in [2.24, 2.45) is 5.73 Å². The zero-order valence-corrected chi connectivity index (χ0v) is 9.83. The Labute approximate surface area is 96.9 Å². The summed E-state index contributed by atoms with van der Waals surface area (Å²) in [5, 5.41) is 0. The molecule has 2 rings (SSSR count). The number of rotatable bonds is 2. The van der Waals surface area contributed by atoms with E-state index in [4.69, 9.17) is 5.73 Å². The normalized spacial score (nSPS) is 10.4. The van der Waals surface area contributed by atoms with E-state index in [-0.39, 0.29) is 0 Å². The Morgan fingerprint density at radius 1 is 0.938 bits per heavy atom. The Hall–Kier alpha value is -1.60. The number of hydrogen-bond donors (Lipinski definition) is 1. The molecule has 0 heterocycles. The molecule has 0 saturated heterocycles. The highest BCUT2D eigenvalue weighted by molar-refractivity contribution is 5.68. The van der Waals surface area contributed by atoms with Crippen LogP contribution in [0.2, 0.25) is 0 Å².